The Morgan fingerprint density at radius 2 is 1.80 bits per heavy atom. The van der Waals surface area contributed by atoms with Crippen molar-refractivity contribution < 1.29 is 0 Å². The summed E-state index contributed by atoms with van der Waals surface area (Å²) in [5, 5.41) is 5.17. The highest BCUT2D eigenvalue weighted by molar-refractivity contribution is 7.71. The average molecular weight is 227 g/mol. The highest BCUT2D eigenvalue weighted by Crippen LogP contribution is 2.68. The summed E-state index contributed by atoms with van der Waals surface area (Å²) in [6.45, 7) is 9.66. The second kappa shape index (κ2) is 2.84. The summed E-state index contributed by atoms with van der Waals surface area (Å²) in [4.78, 5) is 11.4. The summed E-state index contributed by atoms with van der Waals surface area (Å²) >= 11 is 5.05. The van der Waals surface area contributed by atoms with Crippen LogP contribution in [0.1, 0.15) is 27.7 Å². The standard InChI is InChI=1S/C10H17N3OS/c1-9(2)6(10(9,3)4)5-13-7(14)11-12-8(13)15/h6H,5H2,1-4H3,(H,11,14)(H,12,15). The van der Waals surface area contributed by atoms with Crippen molar-refractivity contribution in [3.63, 3.8) is 0 Å². The van der Waals surface area contributed by atoms with Gasteiger partial charge in [-0.1, -0.05) is 27.7 Å². The Kier molecular flexibility index (Phi) is 2.02. The zero-order valence-electron chi connectivity index (χ0n) is 9.55. The van der Waals surface area contributed by atoms with Crippen LogP contribution < -0.4 is 5.69 Å². The molecule has 1 fully saturated rings. The van der Waals surface area contributed by atoms with Gasteiger partial charge in [0.15, 0.2) is 4.77 Å². The Morgan fingerprint density at radius 3 is 2.13 bits per heavy atom. The van der Waals surface area contributed by atoms with Crippen LogP contribution in [-0.4, -0.2) is 14.8 Å². The molecule has 1 aliphatic carbocycles. The second-order valence-corrected chi connectivity index (χ2v) is 5.85. The molecule has 1 aliphatic rings. The van der Waals surface area contributed by atoms with Gasteiger partial charge in [-0.05, 0) is 29.0 Å². The van der Waals surface area contributed by atoms with Crippen molar-refractivity contribution in [1.82, 2.24) is 14.8 Å². The van der Waals surface area contributed by atoms with Crippen LogP contribution in [0.2, 0.25) is 0 Å². The van der Waals surface area contributed by atoms with Gasteiger partial charge >= 0.3 is 5.69 Å². The van der Waals surface area contributed by atoms with E-state index in [9.17, 15) is 4.79 Å². The molecule has 2 N–H and O–H groups in total. The normalized spacial score (nSPS) is 22.9. The molecular formula is C10H17N3OS. The molecule has 2 rings (SSSR count). The van der Waals surface area contributed by atoms with Gasteiger partial charge in [-0.25, -0.2) is 9.89 Å². The van der Waals surface area contributed by atoms with E-state index in [2.05, 4.69) is 37.9 Å². The molecule has 4 nitrogen and oxygen atoms in total. The van der Waals surface area contributed by atoms with E-state index in [1.165, 1.54) is 0 Å². The molecule has 1 aromatic rings. The average Bonchev–Trinajstić information content (AvgIpc) is 2.41. The molecule has 0 radical (unpaired) electrons. The van der Waals surface area contributed by atoms with E-state index in [-0.39, 0.29) is 16.5 Å². The summed E-state index contributed by atoms with van der Waals surface area (Å²) in [6, 6.07) is 0. The maximum atomic E-state index is 11.4. The number of hydrogen-bond donors (Lipinski definition) is 2. The van der Waals surface area contributed by atoms with E-state index in [0.717, 1.165) is 0 Å². The molecule has 1 heterocycles. The van der Waals surface area contributed by atoms with Crippen LogP contribution >= 0.6 is 12.2 Å². The van der Waals surface area contributed by atoms with Gasteiger partial charge in [0, 0.05) is 6.54 Å². The predicted octanol–water partition coefficient (Wildman–Crippen LogP) is 1.92. The lowest BCUT2D eigenvalue weighted by atomic mass is 10.0. The molecule has 0 aliphatic heterocycles. The number of aromatic amines is 2. The summed E-state index contributed by atoms with van der Waals surface area (Å²) in [5.41, 5.74) is 0.426. The Balaban J connectivity index is 2.27. The van der Waals surface area contributed by atoms with Crippen LogP contribution in [0.15, 0.2) is 4.79 Å². The minimum absolute atomic E-state index is 0.140. The zero-order valence-corrected chi connectivity index (χ0v) is 10.4. The number of nitrogens with zero attached hydrogens (tertiary/aromatic N) is 1. The first-order valence-electron chi connectivity index (χ1n) is 5.16. The first-order valence-corrected chi connectivity index (χ1v) is 5.57. The van der Waals surface area contributed by atoms with Crippen molar-refractivity contribution in [3.05, 3.63) is 15.3 Å². The van der Waals surface area contributed by atoms with E-state index in [0.29, 0.717) is 17.2 Å². The van der Waals surface area contributed by atoms with Gasteiger partial charge in [0.25, 0.3) is 0 Å². The van der Waals surface area contributed by atoms with E-state index < -0.39 is 0 Å². The summed E-state index contributed by atoms with van der Waals surface area (Å²) in [6.07, 6.45) is 0. The fourth-order valence-corrected chi connectivity index (χ4v) is 2.68. The van der Waals surface area contributed by atoms with Crippen LogP contribution in [-0.2, 0) is 6.54 Å². The van der Waals surface area contributed by atoms with E-state index >= 15 is 0 Å². The highest BCUT2D eigenvalue weighted by Gasteiger charge is 2.64. The van der Waals surface area contributed by atoms with Crippen LogP contribution in [0.4, 0.5) is 0 Å². The van der Waals surface area contributed by atoms with Crippen LogP contribution in [0.25, 0.3) is 0 Å². The molecule has 0 atom stereocenters. The van der Waals surface area contributed by atoms with Gasteiger partial charge in [0.1, 0.15) is 0 Å². The molecule has 84 valence electrons. The molecular weight excluding hydrogens is 210 g/mol. The van der Waals surface area contributed by atoms with Crippen molar-refractivity contribution in [3.8, 4) is 0 Å². The lowest BCUT2D eigenvalue weighted by Crippen LogP contribution is -2.19. The molecule has 0 aromatic carbocycles. The molecule has 1 aromatic heterocycles. The molecule has 15 heavy (non-hydrogen) atoms. The van der Waals surface area contributed by atoms with Gasteiger partial charge in [0.2, 0.25) is 0 Å². The van der Waals surface area contributed by atoms with Gasteiger partial charge in [-0.3, -0.25) is 9.67 Å². The number of hydrogen-bond acceptors (Lipinski definition) is 2. The van der Waals surface area contributed by atoms with Gasteiger partial charge < -0.3 is 0 Å². The third-order valence-corrected chi connectivity index (χ3v) is 4.77. The predicted molar refractivity (Wildman–Crippen MR) is 61.3 cm³/mol. The fourth-order valence-electron chi connectivity index (χ4n) is 2.47. The number of aromatic nitrogens is 3. The van der Waals surface area contributed by atoms with E-state index in [4.69, 9.17) is 12.2 Å². The molecule has 0 amide bonds. The second-order valence-electron chi connectivity index (χ2n) is 5.47. The summed E-state index contributed by atoms with van der Waals surface area (Å²) < 4.78 is 2.09. The quantitative estimate of drug-likeness (QED) is 0.758. The minimum atomic E-state index is -0.140. The van der Waals surface area contributed by atoms with E-state index in [1.54, 1.807) is 4.57 Å². The minimum Gasteiger partial charge on any atom is -0.272 e. The van der Waals surface area contributed by atoms with Crippen LogP contribution in [0.5, 0.6) is 0 Å². The maximum Gasteiger partial charge on any atom is 0.342 e. The Hall–Kier alpha value is -0.840. The fraction of sp³-hybridized carbons (Fsp3) is 0.800. The smallest absolute Gasteiger partial charge is 0.272 e. The molecule has 5 heteroatoms. The third kappa shape index (κ3) is 1.33. The first-order chi connectivity index (χ1) is 6.78. The number of rotatable bonds is 2. The summed E-state index contributed by atoms with van der Waals surface area (Å²) in [5.74, 6) is 0.508. The van der Waals surface area contributed by atoms with Gasteiger partial charge in [-0.15, -0.1) is 0 Å². The lowest BCUT2D eigenvalue weighted by Gasteiger charge is -2.04. The Morgan fingerprint density at radius 1 is 1.27 bits per heavy atom. The molecule has 0 spiro atoms. The van der Waals surface area contributed by atoms with Crippen molar-refractivity contribution >= 4 is 12.2 Å². The first kappa shape index (κ1) is 10.7. The number of H-pyrrole nitrogens is 2. The van der Waals surface area contributed by atoms with Crippen LogP contribution in [0.3, 0.4) is 0 Å². The SMILES string of the molecule is CC1(C)C(Cn2c(=O)[nH][nH]c2=S)C1(C)C. The largest absolute Gasteiger partial charge is 0.342 e. The highest BCUT2D eigenvalue weighted by atomic mass is 32.1. The molecule has 0 unspecified atom stereocenters. The van der Waals surface area contributed by atoms with Crippen molar-refractivity contribution in [2.45, 2.75) is 34.2 Å². The monoisotopic (exact) mass is 227 g/mol. The van der Waals surface area contributed by atoms with Gasteiger partial charge in [-0.2, -0.15) is 0 Å². The Bertz CT molecular complexity index is 450. The van der Waals surface area contributed by atoms with Crippen LogP contribution in [0, 0.1) is 21.5 Å². The zero-order chi connectivity index (χ0) is 11.4. The Labute approximate surface area is 93.7 Å². The topological polar surface area (TPSA) is 53.6 Å². The maximum absolute atomic E-state index is 11.4. The van der Waals surface area contributed by atoms with Gasteiger partial charge in [0.05, 0.1) is 0 Å². The van der Waals surface area contributed by atoms with Crippen molar-refractivity contribution in [1.29, 1.82) is 0 Å². The van der Waals surface area contributed by atoms with Crippen molar-refractivity contribution in [2.24, 2.45) is 16.7 Å². The molecule has 0 saturated heterocycles. The third-order valence-electron chi connectivity index (χ3n) is 4.45. The number of nitrogens with one attached hydrogen (secondary N) is 2. The molecule has 0 bridgehead atoms. The summed E-state index contributed by atoms with van der Waals surface area (Å²) in [7, 11) is 0. The molecule has 1 saturated carbocycles. The van der Waals surface area contributed by atoms with Crippen molar-refractivity contribution in [2.75, 3.05) is 0 Å². The van der Waals surface area contributed by atoms with E-state index in [1.807, 2.05) is 0 Å². The lowest BCUT2D eigenvalue weighted by molar-refractivity contribution is 0.457.